The molecule has 0 saturated heterocycles. The number of nitroso groups, excluding NO2 is 1. The molecule has 0 bridgehead atoms. The van der Waals surface area contributed by atoms with Crippen molar-refractivity contribution in [3.8, 4) is 0 Å². The number of hydrogen-bond acceptors (Lipinski definition) is 2. The molecule has 1 aliphatic carbocycles. The van der Waals surface area contributed by atoms with Gasteiger partial charge < -0.3 is 0 Å². The fourth-order valence-corrected chi connectivity index (χ4v) is 3.45. The van der Waals surface area contributed by atoms with E-state index in [1.807, 2.05) is 0 Å². The normalized spacial score (nSPS) is 28.2. The van der Waals surface area contributed by atoms with Gasteiger partial charge in [-0.15, -0.1) is 0 Å². The van der Waals surface area contributed by atoms with E-state index in [0.717, 1.165) is 11.8 Å². The van der Waals surface area contributed by atoms with Crippen LogP contribution in [-0.2, 0) is 0 Å². The molecule has 2 heteroatoms. The van der Waals surface area contributed by atoms with Gasteiger partial charge >= 0.3 is 0 Å². The first-order chi connectivity index (χ1) is 9.24. The van der Waals surface area contributed by atoms with Crippen LogP contribution in [0.15, 0.2) is 5.18 Å². The molecular formula is C17H33NO. The Hall–Kier alpha value is -0.400. The van der Waals surface area contributed by atoms with Crippen molar-refractivity contribution in [1.82, 2.24) is 0 Å². The summed E-state index contributed by atoms with van der Waals surface area (Å²) in [6, 6.07) is 0. The monoisotopic (exact) mass is 267 g/mol. The summed E-state index contributed by atoms with van der Waals surface area (Å²) in [5.74, 6) is 2.35. The Kier molecular flexibility index (Phi) is 9.11. The highest BCUT2D eigenvalue weighted by Crippen LogP contribution is 2.27. The van der Waals surface area contributed by atoms with Crippen molar-refractivity contribution < 1.29 is 0 Å². The fourth-order valence-electron chi connectivity index (χ4n) is 3.45. The molecule has 112 valence electrons. The Balaban J connectivity index is 2.37. The topological polar surface area (TPSA) is 29.4 Å². The van der Waals surface area contributed by atoms with Crippen LogP contribution in [0.4, 0.5) is 0 Å². The van der Waals surface area contributed by atoms with Crippen LogP contribution in [0.25, 0.3) is 0 Å². The van der Waals surface area contributed by atoms with Gasteiger partial charge in [-0.05, 0) is 30.6 Å². The molecule has 0 N–H and O–H groups in total. The molecule has 0 aromatic carbocycles. The number of hydrogen-bond donors (Lipinski definition) is 0. The van der Waals surface area contributed by atoms with E-state index in [1.165, 1.54) is 70.6 Å². The van der Waals surface area contributed by atoms with Gasteiger partial charge in [0.1, 0.15) is 0 Å². The van der Waals surface area contributed by atoms with Gasteiger partial charge in [-0.2, -0.15) is 4.91 Å². The minimum Gasteiger partial charge on any atom is -0.151 e. The lowest BCUT2D eigenvalue weighted by Crippen LogP contribution is -2.08. The van der Waals surface area contributed by atoms with E-state index in [2.05, 4.69) is 19.0 Å². The van der Waals surface area contributed by atoms with Crippen LogP contribution in [-0.4, -0.2) is 6.54 Å². The van der Waals surface area contributed by atoms with Gasteiger partial charge in [0, 0.05) is 0 Å². The Morgan fingerprint density at radius 2 is 1.32 bits per heavy atom. The summed E-state index contributed by atoms with van der Waals surface area (Å²) >= 11 is 0. The highest BCUT2D eigenvalue weighted by molar-refractivity contribution is 4.67. The molecule has 0 aromatic rings. The van der Waals surface area contributed by atoms with Crippen LogP contribution >= 0.6 is 0 Å². The molecule has 19 heavy (non-hydrogen) atoms. The quantitative estimate of drug-likeness (QED) is 0.581. The molecule has 1 rings (SSSR count). The molecule has 1 saturated carbocycles. The zero-order valence-corrected chi connectivity index (χ0v) is 13.1. The van der Waals surface area contributed by atoms with Crippen LogP contribution < -0.4 is 0 Å². The van der Waals surface area contributed by atoms with Crippen LogP contribution in [0.3, 0.4) is 0 Å². The van der Waals surface area contributed by atoms with Crippen molar-refractivity contribution in [3.63, 3.8) is 0 Å². The van der Waals surface area contributed by atoms with Crippen molar-refractivity contribution in [1.29, 1.82) is 0 Å². The van der Waals surface area contributed by atoms with Crippen LogP contribution in [0.5, 0.6) is 0 Å². The zero-order valence-electron chi connectivity index (χ0n) is 13.1. The maximum atomic E-state index is 10.5. The average molecular weight is 267 g/mol. The highest BCUT2D eigenvalue weighted by atomic mass is 16.3. The Morgan fingerprint density at radius 1 is 0.842 bits per heavy atom. The maximum absolute atomic E-state index is 10.5. The lowest BCUT2D eigenvalue weighted by atomic mass is 9.86. The summed E-state index contributed by atoms with van der Waals surface area (Å²) in [4.78, 5) is 10.5. The summed E-state index contributed by atoms with van der Waals surface area (Å²) < 4.78 is 0. The lowest BCUT2D eigenvalue weighted by Gasteiger charge is -2.20. The van der Waals surface area contributed by atoms with Gasteiger partial charge in [-0.3, -0.25) is 0 Å². The molecule has 0 spiro atoms. The zero-order chi connectivity index (χ0) is 13.9. The van der Waals surface area contributed by atoms with Crippen molar-refractivity contribution >= 4 is 0 Å². The summed E-state index contributed by atoms with van der Waals surface area (Å²) in [5, 5.41) is 3.13. The summed E-state index contributed by atoms with van der Waals surface area (Å²) in [6.45, 7) is 5.32. The van der Waals surface area contributed by atoms with Gasteiger partial charge in [0.05, 0.1) is 6.54 Å². The van der Waals surface area contributed by atoms with Gasteiger partial charge in [-0.25, -0.2) is 0 Å². The first-order valence-electron chi connectivity index (χ1n) is 8.53. The summed E-state index contributed by atoms with van der Waals surface area (Å²) in [6.07, 6.45) is 14.7. The van der Waals surface area contributed by atoms with Gasteiger partial charge in [0.2, 0.25) is 0 Å². The number of rotatable bonds is 3. The molecule has 1 aliphatic rings. The fraction of sp³-hybridized carbons (Fsp3) is 1.00. The third-order valence-corrected chi connectivity index (χ3v) is 4.90. The SMILES string of the molecule is CC(C)[C@H]1CCCCCCC(CN=O)CCCCC1. The minimum atomic E-state index is 0.550. The summed E-state index contributed by atoms with van der Waals surface area (Å²) in [7, 11) is 0. The van der Waals surface area contributed by atoms with Crippen molar-refractivity contribution in [2.75, 3.05) is 6.54 Å². The second-order valence-corrected chi connectivity index (χ2v) is 6.81. The molecular weight excluding hydrogens is 234 g/mol. The molecule has 2 nitrogen and oxygen atoms in total. The van der Waals surface area contributed by atoms with E-state index in [-0.39, 0.29) is 0 Å². The smallest absolute Gasteiger partial charge is 0.0839 e. The van der Waals surface area contributed by atoms with Crippen molar-refractivity contribution in [2.24, 2.45) is 22.9 Å². The van der Waals surface area contributed by atoms with Crippen molar-refractivity contribution in [2.45, 2.75) is 84.5 Å². The van der Waals surface area contributed by atoms with E-state index in [4.69, 9.17) is 0 Å². The first-order valence-corrected chi connectivity index (χ1v) is 8.53. The third kappa shape index (κ3) is 7.69. The van der Waals surface area contributed by atoms with Gasteiger partial charge in [0.25, 0.3) is 0 Å². The van der Waals surface area contributed by atoms with E-state index in [9.17, 15) is 4.91 Å². The Morgan fingerprint density at radius 3 is 1.79 bits per heavy atom. The van der Waals surface area contributed by atoms with E-state index < -0.39 is 0 Å². The molecule has 0 heterocycles. The molecule has 0 aliphatic heterocycles. The predicted molar refractivity (Wildman–Crippen MR) is 83.3 cm³/mol. The lowest BCUT2D eigenvalue weighted by molar-refractivity contribution is 0.314. The molecule has 0 radical (unpaired) electrons. The van der Waals surface area contributed by atoms with Crippen LogP contribution in [0.2, 0.25) is 0 Å². The third-order valence-electron chi connectivity index (χ3n) is 4.90. The molecule has 0 amide bonds. The Labute approximate surface area is 119 Å². The molecule has 1 unspecified atom stereocenters. The average Bonchev–Trinajstić information content (AvgIpc) is 2.40. The largest absolute Gasteiger partial charge is 0.151 e. The van der Waals surface area contributed by atoms with E-state index >= 15 is 0 Å². The molecule has 2 atom stereocenters. The van der Waals surface area contributed by atoms with Crippen LogP contribution in [0.1, 0.15) is 84.5 Å². The second-order valence-electron chi connectivity index (χ2n) is 6.81. The summed E-state index contributed by atoms with van der Waals surface area (Å²) in [5.41, 5.74) is 0. The number of nitrogens with zero attached hydrogens (tertiary/aromatic N) is 1. The minimum absolute atomic E-state index is 0.550. The van der Waals surface area contributed by atoms with Gasteiger partial charge in [-0.1, -0.05) is 76.8 Å². The van der Waals surface area contributed by atoms with E-state index in [1.54, 1.807) is 0 Å². The maximum Gasteiger partial charge on any atom is 0.0839 e. The Bertz CT molecular complexity index is 227. The second kappa shape index (κ2) is 10.4. The predicted octanol–water partition coefficient (Wildman–Crippen LogP) is 5.95. The first kappa shape index (κ1) is 16.7. The molecule has 0 aromatic heterocycles. The highest BCUT2D eigenvalue weighted by Gasteiger charge is 2.14. The van der Waals surface area contributed by atoms with Crippen LogP contribution in [0, 0.1) is 22.7 Å². The van der Waals surface area contributed by atoms with Gasteiger partial charge in [0.15, 0.2) is 0 Å². The van der Waals surface area contributed by atoms with Crippen molar-refractivity contribution in [3.05, 3.63) is 4.91 Å². The molecule has 1 fully saturated rings. The standard InChI is InChI=1S/C17H33NO/c1-15(2)17-12-8-4-3-6-10-16(14-18-19)11-7-5-9-13-17/h15-17H,3-14H2,1-2H3/t16?,17-/m0/s1. The van der Waals surface area contributed by atoms with E-state index in [0.29, 0.717) is 12.5 Å².